The highest BCUT2D eigenvalue weighted by atomic mass is 16.5. The maximum atomic E-state index is 5.47. The summed E-state index contributed by atoms with van der Waals surface area (Å²) in [6.07, 6.45) is 3.44. The van der Waals surface area contributed by atoms with Crippen molar-refractivity contribution in [1.82, 2.24) is 19.5 Å². The molecule has 2 heterocycles. The maximum Gasteiger partial charge on any atom is 0.134 e. The average Bonchev–Trinajstić information content (AvgIpc) is 3.22. The lowest BCUT2D eigenvalue weighted by Gasteiger charge is -2.11. The molecule has 31 heavy (non-hydrogen) atoms. The lowest BCUT2D eigenvalue weighted by atomic mass is 10.1. The number of nitrogens with one attached hydrogen (secondary N) is 1. The highest BCUT2D eigenvalue weighted by molar-refractivity contribution is 5.75. The number of hydrogen-bond acceptors (Lipinski definition) is 5. The number of nitrogens with zero attached hydrogens (tertiary/aromatic N) is 4. The Hall–Kier alpha value is -4.19. The van der Waals surface area contributed by atoms with Crippen molar-refractivity contribution in [2.45, 2.75) is 6.54 Å². The van der Waals surface area contributed by atoms with E-state index in [0.717, 1.165) is 46.1 Å². The number of imidazole rings is 1. The van der Waals surface area contributed by atoms with Gasteiger partial charge in [0.25, 0.3) is 0 Å². The minimum absolute atomic E-state index is 0.723. The van der Waals surface area contributed by atoms with E-state index < -0.39 is 0 Å². The Morgan fingerprint density at radius 3 is 2.68 bits per heavy atom. The zero-order chi connectivity index (χ0) is 21.0. The van der Waals surface area contributed by atoms with Gasteiger partial charge >= 0.3 is 0 Å². The van der Waals surface area contributed by atoms with Gasteiger partial charge < -0.3 is 14.6 Å². The lowest BCUT2D eigenvalue weighted by molar-refractivity contribution is 0.416. The lowest BCUT2D eigenvalue weighted by Crippen LogP contribution is -2.00. The summed E-state index contributed by atoms with van der Waals surface area (Å²) in [5.74, 6) is 1.50. The first-order valence-corrected chi connectivity index (χ1v) is 10.0. The van der Waals surface area contributed by atoms with Crippen LogP contribution in [0.4, 0.5) is 11.5 Å². The van der Waals surface area contributed by atoms with E-state index in [2.05, 4.69) is 43.0 Å². The minimum Gasteiger partial charge on any atom is -0.496 e. The minimum atomic E-state index is 0.723. The third kappa shape index (κ3) is 3.96. The Kier molecular flexibility index (Phi) is 5.02. The van der Waals surface area contributed by atoms with Crippen LogP contribution in [-0.4, -0.2) is 26.6 Å². The van der Waals surface area contributed by atoms with Crippen molar-refractivity contribution in [3.05, 3.63) is 97.1 Å². The first kappa shape index (κ1) is 18.8. The predicted molar refractivity (Wildman–Crippen MR) is 123 cm³/mol. The van der Waals surface area contributed by atoms with E-state index in [9.17, 15) is 0 Å². The highest BCUT2D eigenvalue weighted by Gasteiger charge is 2.08. The van der Waals surface area contributed by atoms with Crippen LogP contribution >= 0.6 is 0 Å². The van der Waals surface area contributed by atoms with E-state index >= 15 is 0 Å². The number of para-hydroxylation sites is 3. The van der Waals surface area contributed by atoms with Crippen LogP contribution in [0.2, 0.25) is 0 Å². The fraction of sp³-hybridized carbons (Fsp3) is 0.0800. The third-order valence-corrected chi connectivity index (χ3v) is 5.13. The maximum absolute atomic E-state index is 5.47. The number of fused-ring (bicyclic) bond motifs is 1. The quantitative estimate of drug-likeness (QED) is 0.414. The topological polar surface area (TPSA) is 64.9 Å². The van der Waals surface area contributed by atoms with Crippen molar-refractivity contribution >= 4 is 22.5 Å². The van der Waals surface area contributed by atoms with Crippen LogP contribution in [0.1, 0.15) is 5.56 Å². The molecule has 0 aliphatic carbocycles. The average molecular weight is 407 g/mol. The van der Waals surface area contributed by atoms with Gasteiger partial charge in [-0.3, -0.25) is 0 Å². The van der Waals surface area contributed by atoms with Gasteiger partial charge in [-0.2, -0.15) is 0 Å². The molecule has 0 atom stereocenters. The molecule has 2 aromatic heterocycles. The van der Waals surface area contributed by atoms with Crippen molar-refractivity contribution in [2.24, 2.45) is 0 Å². The molecule has 0 unspecified atom stereocenters. The van der Waals surface area contributed by atoms with Gasteiger partial charge in [0.2, 0.25) is 0 Å². The van der Waals surface area contributed by atoms with Crippen molar-refractivity contribution < 1.29 is 4.74 Å². The zero-order valence-electron chi connectivity index (χ0n) is 17.1. The summed E-state index contributed by atoms with van der Waals surface area (Å²) < 4.78 is 7.62. The first-order chi connectivity index (χ1) is 15.3. The number of methoxy groups -OCH3 is 1. The molecule has 0 amide bonds. The number of rotatable bonds is 6. The molecule has 0 aliphatic rings. The Balaban J connectivity index is 1.39. The first-order valence-electron chi connectivity index (χ1n) is 10.0. The molecule has 0 spiro atoms. The summed E-state index contributed by atoms with van der Waals surface area (Å²) in [4.78, 5) is 13.3. The Labute approximate surface area is 180 Å². The summed E-state index contributed by atoms with van der Waals surface area (Å²) in [6, 6.07) is 26.2. The molecule has 5 aromatic rings. The van der Waals surface area contributed by atoms with Crippen LogP contribution < -0.4 is 10.1 Å². The van der Waals surface area contributed by atoms with Crippen LogP contribution in [0.15, 0.2) is 91.5 Å². The number of ether oxygens (including phenoxy) is 1. The van der Waals surface area contributed by atoms with Crippen LogP contribution in [-0.2, 0) is 6.54 Å². The highest BCUT2D eigenvalue weighted by Crippen LogP contribution is 2.29. The van der Waals surface area contributed by atoms with Crippen molar-refractivity contribution in [3.63, 3.8) is 0 Å². The summed E-state index contributed by atoms with van der Waals surface area (Å²) in [5.41, 5.74) is 5.99. The molecule has 0 saturated carbocycles. The molecule has 0 saturated heterocycles. The second-order valence-corrected chi connectivity index (χ2v) is 7.18. The van der Waals surface area contributed by atoms with Crippen LogP contribution in [0, 0.1) is 0 Å². The summed E-state index contributed by atoms with van der Waals surface area (Å²) in [5, 5.41) is 3.39. The van der Waals surface area contributed by atoms with Gasteiger partial charge in [0, 0.05) is 23.9 Å². The molecule has 0 radical (unpaired) electrons. The van der Waals surface area contributed by atoms with E-state index in [4.69, 9.17) is 4.74 Å². The molecular weight excluding hydrogens is 386 g/mol. The monoisotopic (exact) mass is 407 g/mol. The van der Waals surface area contributed by atoms with Crippen LogP contribution in [0.25, 0.3) is 22.3 Å². The molecule has 0 bridgehead atoms. The molecule has 1 N–H and O–H groups in total. The van der Waals surface area contributed by atoms with E-state index in [1.807, 2.05) is 67.0 Å². The van der Waals surface area contributed by atoms with Crippen LogP contribution in [0.5, 0.6) is 5.75 Å². The van der Waals surface area contributed by atoms with E-state index in [1.54, 1.807) is 13.4 Å². The normalized spacial score (nSPS) is 10.9. The van der Waals surface area contributed by atoms with Crippen molar-refractivity contribution in [2.75, 3.05) is 12.4 Å². The summed E-state index contributed by atoms with van der Waals surface area (Å²) >= 11 is 0. The molecule has 6 heteroatoms. The molecular formula is C25H21N5O. The molecule has 6 nitrogen and oxygen atoms in total. The van der Waals surface area contributed by atoms with Gasteiger partial charge in [-0.05, 0) is 42.0 Å². The van der Waals surface area contributed by atoms with E-state index in [0.29, 0.717) is 0 Å². The Bertz CT molecular complexity index is 1340. The van der Waals surface area contributed by atoms with Gasteiger partial charge in [-0.1, -0.05) is 36.4 Å². The third-order valence-electron chi connectivity index (χ3n) is 5.13. The van der Waals surface area contributed by atoms with Gasteiger partial charge in [0.1, 0.15) is 17.9 Å². The number of aromatic nitrogens is 4. The van der Waals surface area contributed by atoms with E-state index in [1.165, 1.54) is 5.56 Å². The fourth-order valence-electron chi connectivity index (χ4n) is 3.66. The second kappa shape index (κ2) is 8.28. The molecule has 0 aliphatic heterocycles. The standard InChI is InChI=1S/C25H21N5O/c1-31-24-12-5-2-9-20(24)22-14-25(27-16-26-22)29-19-8-6-7-18(13-19)15-30-17-28-21-10-3-4-11-23(21)30/h2-14,16-17H,15H2,1H3,(H,26,27,29). The summed E-state index contributed by atoms with van der Waals surface area (Å²) in [6.45, 7) is 0.742. The second-order valence-electron chi connectivity index (χ2n) is 7.18. The van der Waals surface area contributed by atoms with E-state index in [-0.39, 0.29) is 0 Å². The van der Waals surface area contributed by atoms with Crippen molar-refractivity contribution in [3.8, 4) is 17.0 Å². The molecule has 5 rings (SSSR count). The summed E-state index contributed by atoms with van der Waals surface area (Å²) in [7, 11) is 1.66. The largest absolute Gasteiger partial charge is 0.496 e. The van der Waals surface area contributed by atoms with Gasteiger partial charge in [-0.25, -0.2) is 15.0 Å². The Morgan fingerprint density at radius 1 is 0.871 bits per heavy atom. The van der Waals surface area contributed by atoms with Crippen LogP contribution in [0.3, 0.4) is 0 Å². The molecule has 152 valence electrons. The SMILES string of the molecule is COc1ccccc1-c1cc(Nc2cccc(Cn3cnc4ccccc43)c2)ncn1. The predicted octanol–water partition coefficient (Wildman–Crippen LogP) is 5.29. The molecule has 3 aromatic carbocycles. The number of anilines is 2. The van der Waals surface area contributed by atoms with Gasteiger partial charge in [-0.15, -0.1) is 0 Å². The smallest absolute Gasteiger partial charge is 0.134 e. The number of hydrogen-bond donors (Lipinski definition) is 1. The Morgan fingerprint density at radius 2 is 1.74 bits per heavy atom. The molecule has 0 fully saturated rings. The zero-order valence-corrected chi connectivity index (χ0v) is 17.1. The fourth-order valence-corrected chi connectivity index (χ4v) is 3.66. The van der Waals surface area contributed by atoms with Gasteiger partial charge in [0.15, 0.2) is 0 Å². The number of benzene rings is 3. The van der Waals surface area contributed by atoms with Crippen molar-refractivity contribution in [1.29, 1.82) is 0 Å². The van der Waals surface area contributed by atoms with Gasteiger partial charge in [0.05, 0.1) is 30.2 Å².